The molecule has 1 N–H and O–H groups in total. The molecule has 0 aliphatic carbocycles. The molecule has 0 radical (unpaired) electrons. The third-order valence-electron chi connectivity index (χ3n) is 9.01. The van der Waals surface area contributed by atoms with E-state index in [2.05, 4.69) is 69.6 Å². The van der Waals surface area contributed by atoms with Crippen LogP contribution in [0, 0.1) is 12.3 Å². The molecule has 1 fully saturated rings. The molecule has 250 valence electrons. The van der Waals surface area contributed by atoms with Gasteiger partial charge in [0.25, 0.3) is 0 Å². The van der Waals surface area contributed by atoms with Crippen molar-refractivity contribution < 1.29 is 28.5 Å². The molecular formula is C39H43N3O6. The molecule has 2 heterocycles. The molecule has 0 aromatic heterocycles. The van der Waals surface area contributed by atoms with Crippen molar-refractivity contribution >= 4 is 11.9 Å². The number of terminal acetylenes is 1. The van der Waals surface area contributed by atoms with Crippen molar-refractivity contribution in [3.8, 4) is 12.3 Å². The van der Waals surface area contributed by atoms with Crippen LogP contribution in [0.1, 0.15) is 48.1 Å². The Labute approximate surface area is 283 Å². The van der Waals surface area contributed by atoms with E-state index in [1.165, 1.54) is 32.5 Å². The Kier molecular flexibility index (Phi) is 11.5. The van der Waals surface area contributed by atoms with Gasteiger partial charge in [-0.05, 0) is 42.7 Å². The molecule has 2 atom stereocenters. The van der Waals surface area contributed by atoms with Crippen LogP contribution >= 0.6 is 0 Å². The van der Waals surface area contributed by atoms with Crippen molar-refractivity contribution in [2.24, 2.45) is 0 Å². The summed E-state index contributed by atoms with van der Waals surface area (Å²) in [5, 5.41) is 3.19. The maximum absolute atomic E-state index is 14.2. The van der Waals surface area contributed by atoms with Crippen LogP contribution in [0.15, 0.2) is 107 Å². The normalized spacial score (nSPS) is 18.0. The van der Waals surface area contributed by atoms with E-state index in [0.29, 0.717) is 35.6 Å². The van der Waals surface area contributed by atoms with Gasteiger partial charge in [-0.15, -0.1) is 6.42 Å². The summed E-state index contributed by atoms with van der Waals surface area (Å²) in [7, 11) is 4.23. The van der Waals surface area contributed by atoms with Gasteiger partial charge in [0.1, 0.15) is 0 Å². The number of nitrogens with zero attached hydrogens (tertiary/aromatic N) is 2. The Hall–Kier alpha value is -4.72. The van der Waals surface area contributed by atoms with Crippen LogP contribution in [0.5, 0.6) is 0 Å². The fraction of sp³-hybridized carbons (Fsp3) is 0.333. The zero-order chi connectivity index (χ0) is 34.2. The molecule has 9 nitrogen and oxygen atoms in total. The number of hydrogen-bond acceptors (Lipinski definition) is 9. The molecule has 5 rings (SSSR count). The molecule has 0 saturated carbocycles. The van der Waals surface area contributed by atoms with Gasteiger partial charge in [0.15, 0.2) is 12.5 Å². The maximum atomic E-state index is 14.2. The highest BCUT2D eigenvalue weighted by atomic mass is 16.7. The Balaban J connectivity index is 1.39. The van der Waals surface area contributed by atoms with Crippen molar-refractivity contribution in [3.05, 3.63) is 130 Å². The number of benzene rings is 3. The molecule has 1 saturated heterocycles. The van der Waals surface area contributed by atoms with Gasteiger partial charge in [0.2, 0.25) is 0 Å². The average molecular weight is 650 g/mol. The number of methoxy groups -OCH3 is 3. The monoisotopic (exact) mass is 649 g/mol. The molecular weight excluding hydrogens is 606 g/mol. The number of hydrogen-bond donors (Lipinski definition) is 1. The fourth-order valence-electron chi connectivity index (χ4n) is 6.66. The van der Waals surface area contributed by atoms with E-state index in [-0.39, 0.29) is 17.2 Å². The molecule has 2 unspecified atom stereocenters. The van der Waals surface area contributed by atoms with Crippen LogP contribution in [-0.4, -0.2) is 81.8 Å². The molecule has 3 aromatic carbocycles. The highest BCUT2D eigenvalue weighted by Crippen LogP contribution is 2.41. The summed E-state index contributed by atoms with van der Waals surface area (Å²) >= 11 is 0. The standard InChI is InChI=1S/C39H43N3O6/c1-7-28-15-14-20-31(25-28)33-32(26(2)40-35(39(46-5)47-6)34(33)37(43)45-4)38(44)48-27(3)41-21-23-42(24-22-41)36(29-16-10-8-11-17-29)30-18-12-9-13-19-30/h1,8-20,25,27,33,36,39-40H,21-24H2,2-6H3. The van der Waals surface area contributed by atoms with E-state index in [9.17, 15) is 9.59 Å². The highest BCUT2D eigenvalue weighted by molar-refractivity contribution is 6.00. The largest absolute Gasteiger partial charge is 0.466 e. The molecule has 2 aliphatic heterocycles. The minimum absolute atomic E-state index is 0.119. The summed E-state index contributed by atoms with van der Waals surface area (Å²) in [6.45, 7) is 6.63. The minimum Gasteiger partial charge on any atom is -0.466 e. The summed E-state index contributed by atoms with van der Waals surface area (Å²) in [5.74, 6) is 0.596. The van der Waals surface area contributed by atoms with Crippen LogP contribution in [0.2, 0.25) is 0 Å². The Morgan fingerprint density at radius 2 is 1.40 bits per heavy atom. The summed E-state index contributed by atoms with van der Waals surface area (Å²) in [5.41, 5.74) is 5.01. The summed E-state index contributed by atoms with van der Waals surface area (Å²) in [4.78, 5) is 32.2. The Morgan fingerprint density at radius 1 is 0.812 bits per heavy atom. The SMILES string of the molecule is C#Cc1cccc(C2C(C(=O)OC(C)N3CCN(C(c4ccccc4)c4ccccc4)CC3)=C(C)NC(C(OC)OC)=C2C(=O)OC)c1. The molecule has 48 heavy (non-hydrogen) atoms. The Morgan fingerprint density at radius 3 is 1.94 bits per heavy atom. The van der Waals surface area contributed by atoms with Gasteiger partial charge in [0.05, 0.1) is 35.9 Å². The van der Waals surface area contributed by atoms with E-state index in [1.807, 2.05) is 25.1 Å². The predicted octanol–water partition coefficient (Wildman–Crippen LogP) is 4.97. The van der Waals surface area contributed by atoms with Gasteiger partial charge in [-0.2, -0.15) is 0 Å². The van der Waals surface area contributed by atoms with Gasteiger partial charge in [0, 0.05) is 51.7 Å². The van der Waals surface area contributed by atoms with E-state index in [1.54, 1.807) is 25.1 Å². The summed E-state index contributed by atoms with van der Waals surface area (Å²) < 4.78 is 22.5. The number of piperazine rings is 1. The van der Waals surface area contributed by atoms with E-state index < -0.39 is 30.4 Å². The van der Waals surface area contributed by atoms with Crippen molar-refractivity contribution in [3.63, 3.8) is 0 Å². The topological polar surface area (TPSA) is 89.6 Å². The zero-order valence-corrected chi connectivity index (χ0v) is 28.1. The summed E-state index contributed by atoms with van der Waals surface area (Å²) in [6, 6.07) is 28.4. The van der Waals surface area contributed by atoms with E-state index in [4.69, 9.17) is 25.4 Å². The molecule has 2 aliphatic rings. The quantitative estimate of drug-likeness (QED) is 0.176. The number of ether oxygens (including phenoxy) is 4. The van der Waals surface area contributed by atoms with E-state index in [0.717, 1.165) is 13.1 Å². The second-order valence-corrected chi connectivity index (χ2v) is 11.8. The van der Waals surface area contributed by atoms with Gasteiger partial charge in [-0.1, -0.05) is 78.7 Å². The molecule has 0 amide bonds. The lowest BCUT2D eigenvalue weighted by Crippen LogP contribution is -2.51. The first-order chi connectivity index (χ1) is 23.3. The molecule has 9 heteroatoms. The van der Waals surface area contributed by atoms with Gasteiger partial charge in [-0.25, -0.2) is 9.59 Å². The second-order valence-electron chi connectivity index (χ2n) is 11.8. The average Bonchev–Trinajstić information content (AvgIpc) is 3.12. The van der Waals surface area contributed by atoms with Gasteiger partial charge < -0.3 is 24.3 Å². The van der Waals surface area contributed by atoms with Crippen LogP contribution in [0.3, 0.4) is 0 Å². The Bertz CT molecular complexity index is 1650. The van der Waals surface area contributed by atoms with Crippen molar-refractivity contribution in [1.82, 2.24) is 15.1 Å². The van der Waals surface area contributed by atoms with Gasteiger partial charge >= 0.3 is 11.9 Å². The zero-order valence-electron chi connectivity index (χ0n) is 28.1. The van der Waals surface area contributed by atoms with Gasteiger partial charge in [-0.3, -0.25) is 9.80 Å². The van der Waals surface area contributed by atoms with Crippen LogP contribution < -0.4 is 5.32 Å². The number of esters is 2. The number of carbonyl (C=O) groups is 2. The second kappa shape index (κ2) is 15.9. The first-order valence-electron chi connectivity index (χ1n) is 16.0. The summed E-state index contributed by atoms with van der Waals surface area (Å²) in [6.07, 6.45) is 4.29. The molecule has 0 bridgehead atoms. The number of carbonyl (C=O) groups excluding carboxylic acids is 2. The number of rotatable bonds is 11. The lowest BCUT2D eigenvalue weighted by atomic mass is 9.79. The van der Waals surface area contributed by atoms with Crippen LogP contribution in [0.25, 0.3) is 0 Å². The lowest BCUT2D eigenvalue weighted by Gasteiger charge is -2.41. The maximum Gasteiger partial charge on any atom is 0.338 e. The number of allylic oxidation sites excluding steroid dienone is 1. The van der Waals surface area contributed by atoms with Crippen molar-refractivity contribution in [2.45, 2.75) is 38.3 Å². The van der Waals surface area contributed by atoms with E-state index >= 15 is 0 Å². The molecule has 3 aromatic rings. The number of nitrogens with one attached hydrogen (secondary N) is 1. The van der Waals surface area contributed by atoms with Crippen molar-refractivity contribution in [1.29, 1.82) is 0 Å². The van der Waals surface area contributed by atoms with Crippen LogP contribution in [-0.2, 0) is 28.5 Å². The van der Waals surface area contributed by atoms with Crippen molar-refractivity contribution in [2.75, 3.05) is 47.5 Å². The first-order valence-corrected chi connectivity index (χ1v) is 16.0. The molecule has 0 spiro atoms. The number of dihydropyridines is 1. The predicted molar refractivity (Wildman–Crippen MR) is 183 cm³/mol. The minimum atomic E-state index is -0.921. The highest BCUT2D eigenvalue weighted by Gasteiger charge is 2.42. The van der Waals surface area contributed by atoms with Crippen LogP contribution in [0.4, 0.5) is 0 Å². The lowest BCUT2D eigenvalue weighted by molar-refractivity contribution is -0.155. The third kappa shape index (κ3) is 7.38. The fourth-order valence-corrected chi connectivity index (χ4v) is 6.66. The first kappa shape index (κ1) is 34.6. The third-order valence-corrected chi connectivity index (χ3v) is 9.01. The smallest absolute Gasteiger partial charge is 0.338 e.